The fourth-order valence-electron chi connectivity index (χ4n) is 2.37. The summed E-state index contributed by atoms with van der Waals surface area (Å²) in [7, 11) is 1.70. The van der Waals surface area contributed by atoms with Gasteiger partial charge in [0.15, 0.2) is 0 Å². The molecule has 0 radical (unpaired) electrons. The lowest BCUT2D eigenvalue weighted by Crippen LogP contribution is -2.23. The third-order valence-electron chi connectivity index (χ3n) is 3.34. The number of methoxy groups -OCH3 is 1. The van der Waals surface area contributed by atoms with Crippen molar-refractivity contribution in [2.45, 2.75) is 26.3 Å². The van der Waals surface area contributed by atoms with Crippen LogP contribution in [0.25, 0.3) is 0 Å². The van der Waals surface area contributed by atoms with Crippen LogP contribution in [0, 0.1) is 6.92 Å². The third kappa shape index (κ3) is 3.54. The van der Waals surface area contributed by atoms with E-state index in [0.29, 0.717) is 6.04 Å². The molecule has 0 aliphatic carbocycles. The lowest BCUT2D eigenvalue weighted by molar-refractivity contribution is 0.406. The van der Waals surface area contributed by atoms with Gasteiger partial charge in [0.25, 0.3) is 0 Å². The van der Waals surface area contributed by atoms with Crippen molar-refractivity contribution in [3.63, 3.8) is 0 Å². The molecule has 0 amide bonds. The maximum Gasteiger partial charge on any atom is 0.122 e. The standard InChI is InChI=1S/C16H20ClNOS/c1-4-18-14(16-11(2)7-8-20-16)10-12-9-13(17)5-6-15(12)19-3/h5-9,14,18H,4,10H2,1-3H3. The molecule has 0 fully saturated rings. The van der Waals surface area contributed by atoms with Crippen LogP contribution in [-0.2, 0) is 6.42 Å². The molecule has 0 bridgehead atoms. The second kappa shape index (κ2) is 7.11. The summed E-state index contributed by atoms with van der Waals surface area (Å²) in [6.45, 7) is 5.22. The van der Waals surface area contributed by atoms with Crippen molar-refractivity contribution in [1.82, 2.24) is 5.32 Å². The van der Waals surface area contributed by atoms with E-state index in [1.165, 1.54) is 10.4 Å². The van der Waals surface area contributed by atoms with Gasteiger partial charge in [-0.05, 0) is 60.7 Å². The molecule has 0 saturated heterocycles. The zero-order valence-electron chi connectivity index (χ0n) is 12.1. The van der Waals surface area contributed by atoms with Gasteiger partial charge in [-0.15, -0.1) is 11.3 Å². The summed E-state index contributed by atoms with van der Waals surface area (Å²) in [5, 5.41) is 6.45. The Balaban J connectivity index is 2.29. The van der Waals surface area contributed by atoms with Crippen molar-refractivity contribution >= 4 is 22.9 Å². The molecule has 0 aliphatic heterocycles. The zero-order chi connectivity index (χ0) is 14.5. The van der Waals surface area contributed by atoms with Crippen LogP contribution in [0.3, 0.4) is 0 Å². The van der Waals surface area contributed by atoms with Crippen LogP contribution in [-0.4, -0.2) is 13.7 Å². The molecule has 20 heavy (non-hydrogen) atoms. The Morgan fingerprint density at radius 1 is 1.35 bits per heavy atom. The second-order valence-electron chi connectivity index (χ2n) is 4.74. The third-order valence-corrected chi connectivity index (χ3v) is 4.70. The molecule has 1 unspecified atom stereocenters. The largest absolute Gasteiger partial charge is 0.496 e. The van der Waals surface area contributed by atoms with E-state index in [1.54, 1.807) is 18.4 Å². The number of likely N-dealkylation sites (N-methyl/N-ethyl adjacent to an activating group) is 1. The number of hydrogen-bond donors (Lipinski definition) is 1. The Morgan fingerprint density at radius 3 is 2.75 bits per heavy atom. The van der Waals surface area contributed by atoms with Crippen molar-refractivity contribution in [3.05, 3.63) is 50.7 Å². The minimum atomic E-state index is 0.298. The van der Waals surface area contributed by atoms with Crippen LogP contribution >= 0.6 is 22.9 Å². The van der Waals surface area contributed by atoms with Crippen LogP contribution in [0.1, 0.15) is 29.0 Å². The average molecular weight is 310 g/mol. The van der Waals surface area contributed by atoms with Gasteiger partial charge in [-0.2, -0.15) is 0 Å². The van der Waals surface area contributed by atoms with Crippen LogP contribution in [0.15, 0.2) is 29.6 Å². The van der Waals surface area contributed by atoms with Crippen LogP contribution in [0.2, 0.25) is 5.02 Å². The van der Waals surface area contributed by atoms with E-state index >= 15 is 0 Å². The number of aryl methyl sites for hydroxylation is 1. The minimum absolute atomic E-state index is 0.298. The van der Waals surface area contributed by atoms with Crippen LogP contribution < -0.4 is 10.1 Å². The smallest absolute Gasteiger partial charge is 0.122 e. The fourth-order valence-corrected chi connectivity index (χ4v) is 3.57. The molecule has 2 rings (SSSR count). The first kappa shape index (κ1) is 15.4. The first-order valence-corrected chi connectivity index (χ1v) is 8.01. The Labute approximate surface area is 129 Å². The van der Waals surface area contributed by atoms with Crippen molar-refractivity contribution in [2.24, 2.45) is 0 Å². The monoisotopic (exact) mass is 309 g/mol. The highest BCUT2D eigenvalue weighted by Gasteiger charge is 2.17. The van der Waals surface area contributed by atoms with Gasteiger partial charge in [-0.3, -0.25) is 0 Å². The summed E-state index contributed by atoms with van der Waals surface area (Å²) < 4.78 is 5.44. The van der Waals surface area contributed by atoms with Crippen molar-refractivity contribution in [2.75, 3.05) is 13.7 Å². The predicted octanol–water partition coefficient (Wildman–Crippen LogP) is 4.61. The van der Waals surface area contributed by atoms with Gasteiger partial charge in [0.1, 0.15) is 5.75 Å². The number of nitrogens with one attached hydrogen (secondary N) is 1. The molecule has 0 spiro atoms. The highest BCUT2D eigenvalue weighted by Crippen LogP contribution is 2.31. The highest BCUT2D eigenvalue weighted by molar-refractivity contribution is 7.10. The average Bonchev–Trinajstić information content (AvgIpc) is 2.85. The first-order chi connectivity index (χ1) is 9.65. The van der Waals surface area contributed by atoms with Crippen molar-refractivity contribution in [1.29, 1.82) is 0 Å². The Morgan fingerprint density at radius 2 is 2.15 bits per heavy atom. The Hall–Kier alpha value is -1.03. The molecule has 1 aromatic heterocycles. The molecule has 1 N–H and O–H groups in total. The first-order valence-electron chi connectivity index (χ1n) is 6.75. The predicted molar refractivity (Wildman–Crippen MR) is 87.2 cm³/mol. The van der Waals surface area contributed by atoms with E-state index in [1.807, 2.05) is 18.2 Å². The summed E-state index contributed by atoms with van der Waals surface area (Å²) in [4.78, 5) is 1.38. The van der Waals surface area contributed by atoms with Gasteiger partial charge in [-0.25, -0.2) is 0 Å². The molecule has 1 aromatic carbocycles. The van der Waals surface area contributed by atoms with E-state index < -0.39 is 0 Å². The lowest BCUT2D eigenvalue weighted by Gasteiger charge is -2.19. The van der Waals surface area contributed by atoms with E-state index in [4.69, 9.17) is 16.3 Å². The molecule has 2 nitrogen and oxygen atoms in total. The molecule has 0 aliphatic rings. The minimum Gasteiger partial charge on any atom is -0.496 e. The number of ether oxygens (including phenoxy) is 1. The SMILES string of the molecule is CCNC(Cc1cc(Cl)ccc1OC)c1sccc1C. The fraction of sp³-hybridized carbons (Fsp3) is 0.375. The van der Waals surface area contributed by atoms with Crippen molar-refractivity contribution in [3.8, 4) is 5.75 Å². The molecule has 108 valence electrons. The number of thiophene rings is 1. The maximum absolute atomic E-state index is 6.12. The molecule has 2 aromatic rings. The molecule has 0 saturated carbocycles. The van der Waals surface area contributed by atoms with E-state index in [2.05, 4.69) is 30.6 Å². The van der Waals surface area contributed by atoms with Gasteiger partial charge in [0.2, 0.25) is 0 Å². The number of rotatable bonds is 6. The molecular formula is C16H20ClNOS. The number of halogens is 1. The summed E-state index contributed by atoms with van der Waals surface area (Å²) in [5.41, 5.74) is 2.47. The van der Waals surface area contributed by atoms with Crippen LogP contribution in [0.5, 0.6) is 5.75 Å². The van der Waals surface area contributed by atoms with Gasteiger partial charge < -0.3 is 10.1 Å². The van der Waals surface area contributed by atoms with E-state index in [0.717, 1.165) is 29.3 Å². The van der Waals surface area contributed by atoms with E-state index in [-0.39, 0.29) is 0 Å². The molecule has 1 heterocycles. The summed E-state index contributed by atoms with van der Waals surface area (Å²) in [6, 6.07) is 8.25. The normalized spacial score (nSPS) is 12.4. The number of benzene rings is 1. The van der Waals surface area contributed by atoms with Crippen LogP contribution in [0.4, 0.5) is 0 Å². The molecule has 4 heteroatoms. The number of hydrogen-bond acceptors (Lipinski definition) is 3. The maximum atomic E-state index is 6.12. The molecular weight excluding hydrogens is 290 g/mol. The molecule has 1 atom stereocenters. The van der Waals surface area contributed by atoms with Gasteiger partial charge in [-0.1, -0.05) is 18.5 Å². The second-order valence-corrected chi connectivity index (χ2v) is 6.12. The topological polar surface area (TPSA) is 21.3 Å². The van der Waals surface area contributed by atoms with Gasteiger partial charge in [0, 0.05) is 15.9 Å². The Bertz CT molecular complexity index is 567. The lowest BCUT2D eigenvalue weighted by atomic mass is 10.0. The highest BCUT2D eigenvalue weighted by atomic mass is 35.5. The zero-order valence-corrected chi connectivity index (χ0v) is 13.6. The summed E-state index contributed by atoms with van der Waals surface area (Å²) in [5.74, 6) is 0.895. The van der Waals surface area contributed by atoms with Crippen molar-refractivity contribution < 1.29 is 4.74 Å². The Kier molecular flexibility index (Phi) is 5.46. The van der Waals surface area contributed by atoms with Gasteiger partial charge >= 0.3 is 0 Å². The quantitative estimate of drug-likeness (QED) is 0.841. The summed E-state index contributed by atoms with van der Waals surface area (Å²) >= 11 is 7.92. The summed E-state index contributed by atoms with van der Waals surface area (Å²) in [6.07, 6.45) is 0.874. The van der Waals surface area contributed by atoms with Gasteiger partial charge in [0.05, 0.1) is 7.11 Å². The van der Waals surface area contributed by atoms with E-state index in [9.17, 15) is 0 Å².